The fourth-order valence-corrected chi connectivity index (χ4v) is 9.66. The Bertz CT molecular complexity index is 4010. The molecular weight excluding hydrogens is 866 g/mol. The average molecular weight is 872 g/mol. The molecule has 0 aliphatic rings. The minimum Gasteiger partial charge on any atom is -0.509 e. The first-order valence-electron chi connectivity index (χ1n) is 20.5. The molecule has 0 bridgehead atoms. The third-order valence-corrected chi connectivity index (χ3v) is 13.4. The molecule has 44 radical (unpaired) electrons. The molecule has 0 saturated heterocycles. The highest BCUT2D eigenvalue weighted by Crippen LogP contribution is 2.38. The standard InChI is InChI=1S/C42H6B22N2O6/c43-9-1(11(45)18(52)31-4(9)5-16(50)39(69)26(60)22(56)32(5)65(31)36-23(57)27(61)40(70)28(62)24(36)58)2-10(44)6-8-34(29(63)41(71)30(64)37(8)67)66(33(6)19(53)12(2)46)35-20(54)13(47)3(14(48)21(35)55)7-15(49)17(51)25(59)42(72)38(7)68/h67-72H. The van der Waals surface area contributed by atoms with E-state index in [1.165, 1.54) is 4.57 Å². The third-order valence-electron chi connectivity index (χ3n) is 13.4. The first kappa shape index (κ1) is 51.3. The Morgan fingerprint density at radius 1 is 0.181 bits per heavy atom. The van der Waals surface area contributed by atoms with E-state index in [0.29, 0.717) is 0 Å². The van der Waals surface area contributed by atoms with Crippen LogP contribution in [0.2, 0.25) is 0 Å². The Hall–Kier alpha value is -5.63. The van der Waals surface area contributed by atoms with Crippen LogP contribution in [-0.4, -0.2) is 212 Å². The first-order chi connectivity index (χ1) is 33.5. The lowest BCUT2D eigenvalue weighted by atomic mass is 9.61. The van der Waals surface area contributed by atoms with Gasteiger partial charge in [0.05, 0.1) is 11.3 Å². The smallest absolute Gasteiger partial charge is 0.164 e. The molecule has 8 nitrogen and oxygen atoms in total. The third kappa shape index (κ3) is 6.31. The summed E-state index contributed by atoms with van der Waals surface area (Å²) in [6, 6.07) is 0. The van der Waals surface area contributed by atoms with E-state index in [1.807, 2.05) is 0 Å². The predicted octanol–water partition coefficient (Wildman–Crippen LogP) is -17.1. The second-order valence-electron chi connectivity index (χ2n) is 17.0. The maximum atomic E-state index is 11.9. The second kappa shape index (κ2) is 17.0. The summed E-state index contributed by atoms with van der Waals surface area (Å²) in [5.74, 6) is -4.68. The SMILES string of the molecule is [B]c1c([B])c(O)c(O)c(-c2c([B])c([B])c(-n3c4c([B])c([B])c(-c5c([B])c([B])c6c(c5[B])c5c([B])c(O)c([B])c([B])c5n6-c5c([B])c([B])c(O)c([B])c5[B])c([B])c4c4c(O)c([B])c(O)c([B])c43)c([B])c2[B])c1[B]. The summed E-state index contributed by atoms with van der Waals surface area (Å²) in [6.45, 7) is 0. The molecule has 6 N–H and O–H groups in total. The number of nitrogens with zero attached hydrogens (tertiary/aromatic N) is 2. The number of aromatic hydroxyl groups is 6. The molecule has 2 heterocycles. The van der Waals surface area contributed by atoms with Gasteiger partial charge in [0.1, 0.15) is 196 Å². The molecule has 0 aliphatic carbocycles. The van der Waals surface area contributed by atoms with Gasteiger partial charge < -0.3 is 39.8 Å². The van der Waals surface area contributed by atoms with Crippen molar-refractivity contribution in [3.63, 3.8) is 0 Å². The van der Waals surface area contributed by atoms with E-state index < -0.39 is 94.7 Å². The van der Waals surface area contributed by atoms with Gasteiger partial charge in [0.2, 0.25) is 0 Å². The maximum absolute atomic E-state index is 11.9. The molecule has 0 atom stereocenters. The average Bonchev–Trinajstić information content (AvgIpc) is 3.89. The number of phenolic OH excluding ortho intramolecular Hbond substituents is 6. The van der Waals surface area contributed by atoms with E-state index in [4.69, 9.17) is 173 Å². The van der Waals surface area contributed by atoms with Gasteiger partial charge in [0.25, 0.3) is 0 Å². The van der Waals surface area contributed by atoms with Gasteiger partial charge in [-0.25, -0.2) is 0 Å². The van der Waals surface area contributed by atoms with Crippen molar-refractivity contribution in [2.45, 2.75) is 0 Å². The summed E-state index contributed by atoms with van der Waals surface area (Å²) in [5.41, 5.74) is -11.0. The highest BCUT2D eigenvalue weighted by Gasteiger charge is 2.32. The number of rotatable bonds is 4. The monoisotopic (exact) mass is 876 g/mol. The fraction of sp³-hybridized carbons (Fsp3) is 0. The molecule has 0 spiro atoms. The van der Waals surface area contributed by atoms with Crippen molar-refractivity contribution in [3.8, 4) is 68.1 Å². The summed E-state index contributed by atoms with van der Waals surface area (Å²) < 4.78 is 2.39. The molecule has 72 heavy (non-hydrogen) atoms. The van der Waals surface area contributed by atoms with E-state index in [9.17, 15) is 30.6 Å². The highest BCUT2D eigenvalue weighted by atomic mass is 16.3. The van der Waals surface area contributed by atoms with E-state index in [0.717, 1.165) is 4.57 Å². The molecular formula is C42H6B22N2O6. The van der Waals surface area contributed by atoms with E-state index in [2.05, 4.69) is 0 Å². The van der Waals surface area contributed by atoms with Crippen LogP contribution in [0.25, 0.3) is 77.2 Å². The summed E-state index contributed by atoms with van der Waals surface area (Å²) in [5, 5.41) is 66.2. The van der Waals surface area contributed by atoms with Crippen LogP contribution in [-0.2, 0) is 0 Å². The summed E-state index contributed by atoms with van der Waals surface area (Å²) in [7, 11) is 145. The zero-order chi connectivity index (χ0) is 53.4. The van der Waals surface area contributed by atoms with Gasteiger partial charge in [-0.15, -0.1) is 5.46 Å². The van der Waals surface area contributed by atoms with Crippen LogP contribution in [0.5, 0.6) is 34.5 Å². The minimum atomic E-state index is -0.884. The lowest BCUT2D eigenvalue weighted by Gasteiger charge is -2.28. The molecule has 7 aromatic carbocycles. The van der Waals surface area contributed by atoms with Crippen molar-refractivity contribution >= 4 is 336 Å². The lowest BCUT2D eigenvalue weighted by Crippen LogP contribution is -2.49. The summed E-state index contributed by atoms with van der Waals surface area (Å²) in [4.78, 5) is 0. The van der Waals surface area contributed by atoms with Crippen molar-refractivity contribution in [2.75, 3.05) is 0 Å². The molecule has 0 unspecified atom stereocenters. The molecule has 0 saturated carbocycles. The van der Waals surface area contributed by atoms with Crippen LogP contribution in [0.3, 0.4) is 0 Å². The number of fused-ring (bicyclic) bond motifs is 6. The van der Waals surface area contributed by atoms with Gasteiger partial charge in [-0.3, -0.25) is 0 Å². The Balaban J connectivity index is 1.48. The lowest BCUT2D eigenvalue weighted by molar-refractivity contribution is 0.409. The number of aromatic nitrogens is 2. The number of phenols is 6. The van der Waals surface area contributed by atoms with Crippen molar-refractivity contribution in [1.29, 1.82) is 0 Å². The fourth-order valence-electron chi connectivity index (χ4n) is 9.66. The Morgan fingerprint density at radius 3 is 0.903 bits per heavy atom. The van der Waals surface area contributed by atoms with Crippen LogP contribution < -0.4 is 120 Å². The van der Waals surface area contributed by atoms with Gasteiger partial charge in [-0.2, -0.15) is 0 Å². The summed E-state index contributed by atoms with van der Waals surface area (Å²) in [6.07, 6.45) is 0. The first-order valence-corrected chi connectivity index (χ1v) is 20.5. The Labute approximate surface area is 441 Å². The van der Waals surface area contributed by atoms with Gasteiger partial charge in [-0.1, -0.05) is 98.3 Å². The molecule has 9 rings (SSSR count). The zero-order valence-corrected chi connectivity index (χ0v) is 37.3. The van der Waals surface area contributed by atoms with E-state index in [1.54, 1.807) is 0 Å². The topological polar surface area (TPSA) is 131 Å². The van der Waals surface area contributed by atoms with Crippen LogP contribution in [0.4, 0.5) is 0 Å². The largest absolute Gasteiger partial charge is 0.509 e. The molecule has 9 aromatic rings. The normalized spacial score (nSPS) is 11.8. The van der Waals surface area contributed by atoms with Gasteiger partial charge in [0.15, 0.2) is 5.75 Å². The van der Waals surface area contributed by atoms with E-state index in [-0.39, 0.29) is 137 Å². The van der Waals surface area contributed by atoms with Crippen molar-refractivity contribution < 1.29 is 30.6 Å². The molecule has 0 aliphatic heterocycles. The maximum Gasteiger partial charge on any atom is 0.164 e. The Kier molecular flexibility index (Phi) is 12.1. The number of hydrogen-bond acceptors (Lipinski definition) is 6. The zero-order valence-electron chi connectivity index (χ0n) is 37.3. The van der Waals surface area contributed by atoms with Crippen molar-refractivity contribution in [1.82, 2.24) is 9.13 Å². The molecule has 30 heteroatoms. The summed E-state index contributed by atoms with van der Waals surface area (Å²) >= 11 is 0. The van der Waals surface area contributed by atoms with Crippen LogP contribution in [0, 0.1) is 0 Å². The van der Waals surface area contributed by atoms with E-state index >= 15 is 0 Å². The molecule has 286 valence electrons. The van der Waals surface area contributed by atoms with Gasteiger partial charge in [-0.05, 0) is 33.1 Å². The molecule has 2 aromatic heterocycles. The van der Waals surface area contributed by atoms with Gasteiger partial charge >= 0.3 is 0 Å². The predicted molar refractivity (Wildman–Crippen MR) is 315 cm³/mol. The Morgan fingerprint density at radius 2 is 0.458 bits per heavy atom. The highest BCUT2D eigenvalue weighted by molar-refractivity contribution is 6.70. The minimum absolute atomic E-state index is 0.0918. The second-order valence-corrected chi connectivity index (χ2v) is 17.0. The molecule has 0 fully saturated rings. The quantitative estimate of drug-likeness (QED) is 0.0771. The number of benzene rings is 7. The van der Waals surface area contributed by atoms with Crippen LogP contribution in [0.15, 0.2) is 0 Å². The van der Waals surface area contributed by atoms with Crippen LogP contribution in [0.1, 0.15) is 0 Å². The molecule has 0 amide bonds. The number of hydrogen-bond donors (Lipinski definition) is 6. The van der Waals surface area contributed by atoms with Crippen LogP contribution >= 0.6 is 0 Å². The van der Waals surface area contributed by atoms with Crippen molar-refractivity contribution in [2.24, 2.45) is 0 Å². The van der Waals surface area contributed by atoms with Gasteiger partial charge in [0, 0.05) is 55.0 Å². The van der Waals surface area contributed by atoms with Crippen molar-refractivity contribution in [3.05, 3.63) is 0 Å².